The van der Waals surface area contributed by atoms with Gasteiger partial charge in [-0.05, 0) is 31.2 Å². The second kappa shape index (κ2) is 7.73. The summed E-state index contributed by atoms with van der Waals surface area (Å²) in [4.78, 5) is 23.2. The van der Waals surface area contributed by atoms with Crippen LogP contribution < -0.4 is 4.72 Å². The van der Waals surface area contributed by atoms with Gasteiger partial charge in [0.2, 0.25) is 10.0 Å². The second-order valence-corrected chi connectivity index (χ2v) is 8.63. The maximum Gasteiger partial charge on any atom is 0.254 e. The van der Waals surface area contributed by atoms with Crippen molar-refractivity contribution in [2.75, 3.05) is 18.0 Å². The van der Waals surface area contributed by atoms with E-state index in [4.69, 9.17) is 11.6 Å². The summed E-state index contributed by atoms with van der Waals surface area (Å²) < 4.78 is 25.2. The minimum absolute atomic E-state index is 0.154. The minimum Gasteiger partial charge on any atom is -0.334 e. The maximum absolute atomic E-state index is 12.8. The molecule has 28 heavy (non-hydrogen) atoms. The highest BCUT2D eigenvalue weighted by Gasteiger charge is 2.17. The van der Waals surface area contributed by atoms with Crippen molar-refractivity contribution >= 4 is 44.1 Å². The van der Waals surface area contributed by atoms with Crippen molar-refractivity contribution in [1.29, 1.82) is 0 Å². The fraction of sp³-hybridized carbons (Fsp3) is 0.211. The first-order chi connectivity index (χ1) is 13.1. The topological polar surface area (TPSA) is 92.3 Å². The normalized spacial score (nSPS) is 11.4. The molecule has 1 amide bonds. The fourth-order valence-electron chi connectivity index (χ4n) is 2.81. The summed E-state index contributed by atoms with van der Waals surface area (Å²) in [6.07, 6.45) is 1.02. The molecule has 0 saturated heterocycles. The predicted octanol–water partition coefficient (Wildman–Crippen LogP) is 3.24. The van der Waals surface area contributed by atoms with Crippen LogP contribution in [-0.4, -0.2) is 42.5 Å². The first kappa shape index (κ1) is 20.0. The Morgan fingerprint density at radius 3 is 2.61 bits per heavy atom. The molecule has 1 N–H and O–H groups in total. The van der Waals surface area contributed by atoms with E-state index < -0.39 is 10.0 Å². The number of nitrogens with zero attached hydrogens (tertiary/aromatic N) is 3. The number of para-hydroxylation sites is 1. The van der Waals surface area contributed by atoms with Crippen molar-refractivity contribution in [1.82, 2.24) is 14.9 Å². The highest BCUT2D eigenvalue weighted by molar-refractivity contribution is 7.92. The van der Waals surface area contributed by atoms with E-state index in [1.54, 1.807) is 13.1 Å². The van der Waals surface area contributed by atoms with Gasteiger partial charge in [-0.1, -0.05) is 29.8 Å². The van der Waals surface area contributed by atoms with Crippen LogP contribution in [0.4, 0.5) is 5.69 Å². The van der Waals surface area contributed by atoms with Gasteiger partial charge in [0.1, 0.15) is 5.82 Å². The van der Waals surface area contributed by atoms with Crippen LogP contribution in [0.25, 0.3) is 10.9 Å². The van der Waals surface area contributed by atoms with Gasteiger partial charge in [0.15, 0.2) is 0 Å². The predicted molar refractivity (Wildman–Crippen MR) is 110 cm³/mol. The number of sulfonamides is 1. The number of carbonyl (C=O) groups is 1. The Hall–Kier alpha value is -2.71. The Morgan fingerprint density at radius 2 is 1.89 bits per heavy atom. The van der Waals surface area contributed by atoms with Gasteiger partial charge in [-0.3, -0.25) is 9.52 Å². The number of hydrogen-bond acceptors (Lipinski definition) is 5. The molecule has 0 spiro atoms. The van der Waals surface area contributed by atoms with Crippen LogP contribution in [0, 0.1) is 6.92 Å². The third-order valence-electron chi connectivity index (χ3n) is 4.07. The quantitative estimate of drug-likeness (QED) is 0.686. The Morgan fingerprint density at radius 1 is 1.18 bits per heavy atom. The van der Waals surface area contributed by atoms with Gasteiger partial charge in [0, 0.05) is 23.7 Å². The van der Waals surface area contributed by atoms with E-state index >= 15 is 0 Å². The second-order valence-electron chi connectivity index (χ2n) is 6.47. The summed E-state index contributed by atoms with van der Waals surface area (Å²) in [6.45, 7) is 2.11. The largest absolute Gasteiger partial charge is 0.334 e. The first-order valence-corrected chi connectivity index (χ1v) is 10.7. The molecule has 7 nitrogen and oxygen atoms in total. The van der Waals surface area contributed by atoms with Gasteiger partial charge in [0.25, 0.3) is 5.91 Å². The van der Waals surface area contributed by atoms with Crippen molar-refractivity contribution in [3.63, 3.8) is 0 Å². The van der Waals surface area contributed by atoms with Crippen molar-refractivity contribution < 1.29 is 13.2 Å². The number of halogens is 1. The number of benzene rings is 2. The molecule has 0 aliphatic heterocycles. The summed E-state index contributed by atoms with van der Waals surface area (Å²) in [7, 11) is -1.88. The van der Waals surface area contributed by atoms with Gasteiger partial charge >= 0.3 is 0 Å². The first-order valence-electron chi connectivity index (χ1n) is 8.39. The summed E-state index contributed by atoms with van der Waals surface area (Å²) in [5.41, 5.74) is 2.11. The van der Waals surface area contributed by atoms with Crippen LogP contribution in [0.3, 0.4) is 0 Å². The van der Waals surface area contributed by atoms with Gasteiger partial charge < -0.3 is 4.90 Å². The van der Waals surface area contributed by atoms with Crippen molar-refractivity contribution in [2.24, 2.45) is 0 Å². The van der Waals surface area contributed by atoms with Gasteiger partial charge in [-0.15, -0.1) is 0 Å². The van der Waals surface area contributed by atoms with E-state index in [2.05, 4.69) is 14.7 Å². The third-order valence-corrected chi connectivity index (χ3v) is 4.99. The summed E-state index contributed by atoms with van der Waals surface area (Å²) in [5, 5.41) is 1.17. The van der Waals surface area contributed by atoms with Crippen molar-refractivity contribution in [3.05, 3.63) is 64.6 Å². The summed E-state index contributed by atoms with van der Waals surface area (Å²) >= 11 is 6.02. The van der Waals surface area contributed by atoms with Crippen LogP contribution >= 0.6 is 11.6 Å². The SMILES string of the molecule is Cc1nc(CN(C)C(=O)c2ccc(Cl)c(NS(C)(=O)=O)c2)nc2ccccc12. The average molecular weight is 419 g/mol. The van der Waals surface area contributed by atoms with E-state index in [1.165, 1.54) is 17.0 Å². The molecular formula is C19H19ClN4O3S. The zero-order chi connectivity index (χ0) is 20.5. The highest BCUT2D eigenvalue weighted by atomic mass is 35.5. The molecule has 2 aromatic carbocycles. The maximum atomic E-state index is 12.8. The lowest BCUT2D eigenvalue weighted by Gasteiger charge is -2.18. The standard InChI is InChI=1S/C19H19ClN4O3S/c1-12-14-6-4-5-7-16(14)22-18(21-12)11-24(2)19(25)13-8-9-15(20)17(10-13)23-28(3,26)27/h4-10,23H,11H2,1-3H3. The molecule has 1 heterocycles. The number of nitrogens with one attached hydrogen (secondary N) is 1. The number of rotatable bonds is 5. The van der Waals surface area contributed by atoms with Crippen LogP contribution in [-0.2, 0) is 16.6 Å². The summed E-state index contributed by atoms with van der Waals surface area (Å²) in [6, 6.07) is 12.1. The Labute approximate surface area is 168 Å². The monoisotopic (exact) mass is 418 g/mol. The molecular weight excluding hydrogens is 400 g/mol. The summed E-state index contributed by atoms with van der Waals surface area (Å²) in [5.74, 6) is 0.220. The van der Waals surface area contributed by atoms with E-state index in [1.807, 2.05) is 31.2 Å². The van der Waals surface area contributed by atoms with Crippen LogP contribution in [0.2, 0.25) is 5.02 Å². The van der Waals surface area contributed by atoms with Crippen LogP contribution in [0.15, 0.2) is 42.5 Å². The molecule has 3 rings (SSSR count). The molecule has 146 valence electrons. The number of aryl methyl sites for hydroxylation is 1. The van der Waals surface area contributed by atoms with Crippen LogP contribution in [0.1, 0.15) is 21.9 Å². The number of hydrogen-bond donors (Lipinski definition) is 1. The molecule has 0 radical (unpaired) electrons. The Kier molecular flexibility index (Phi) is 5.53. The van der Waals surface area contributed by atoms with E-state index in [-0.39, 0.29) is 23.2 Å². The van der Waals surface area contributed by atoms with E-state index in [0.717, 1.165) is 22.9 Å². The number of amides is 1. The number of fused-ring (bicyclic) bond motifs is 1. The molecule has 0 aliphatic carbocycles. The van der Waals surface area contributed by atoms with Gasteiger partial charge in [-0.2, -0.15) is 0 Å². The molecule has 0 bridgehead atoms. The zero-order valence-electron chi connectivity index (χ0n) is 15.6. The lowest BCUT2D eigenvalue weighted by atomic mass is 10.1. The molecule has 0 aliphatic rings. The van der Waals surface area contributed by atoms with Gasteiger partial charge in [-0.25, -0.2) is 18.4 Å². The van der Waals surface area contributed by atoms with Gasteiger partial charge in [0.05, 0.1) is 29.0 Å². The fourth-order valence-corrected chi connectivity index (χ4v) is 3.60. The van der Waals surface area contributed by atoms with Crippen LogP contribution in [0.5, 0.6) is 0 Å². The third kappa shape index (κ3) is 4.58. The smallest absolute Gasteiger partial charge is 0.254 e. The number of carbonyl (C=O) groups excluding carboxylic acids is 1. The van der Waals surface area contributed by atoms with E-state index in [9.17, 15) is 13.2 Å². The lowest BCUT2D eigenvalue weighted by molar-refractivity contribution is 0.0781. The Bertz CT molecular complexity index is 1170. The minimum atomic E-state index is -3.52. The molecule has 0 fully saturated rings. The molecule has 1 aromatic heterocycles. The molecule has 9 heteroatoms. The molecule has 3 aromatic rings. The number of aromatic nitrogens is 2. The zero-order valence-corrected chi connectivity index (χ0v) is 17.2. The Balaban J connectivity index is 1.84. The van der Waals surface area contributed by atoms with Crippen molar-refractivity contribution in [3.8, 4) is 0 Å². The van der Waals surface area contributed by atoms with E-state index in [0.29, 0.717) is 11.4 Å². The highest BCUT2D eigenvalue weighted by Crippen LogP contribution is 2.25. The average Bonchev–Trinajstić information content (AvgIpc) is 2.62. The number of anilines is 1. The van der Waals surface area contributed by atoms with Crippen molar-refractivity contribution in [2.45, 2.75) is 13.5 Å². The molecule has 0 atom stereocenters. The molecule has 0 saturated carbocycles. The molecule has 0 unspecified atom stereocenters. The lowest BCUT2D eigenvalue weighted by Crippen LogP contribution is -2.27.